The van der Waals surface area contributed by atoms with E-state index in [1.54, 1.807) is 0 Å². The van der Waals surface area contributed by atoms with Crippen LogP contribution >= 0.6 is 0 Å². The smallest absolute Gasteiger partial charge is 0.126 e. The molecule has 1 aromatic rings. The van der Waals surface area contributed by atoms with Gasteiger partial charge in [0.25, 0.3) is 0 Å². The average molecular weight is 291 g/mol. The Morgan fingerprint density at radius 3 is 2.67 bits per heavy atom. The van der Waals surface area contributed by atoms with Gasteiger partial charge < -0.3 is 15.2 Å². The first kappa shape index (κ1) is 16.2. The Morgan fingerprint density at radius 2 is 2.00 bits per heavy atom. The predicted molar refractivity (Wildman–Crippen MR) is 87.1 cm³/mol. The molecule has 3 nitrogen and oxygen atoms in total. The van der Waals surface area contributed by atoms with Crippen molar-refractivity contribution in [2.75, 3.05) is 6.61 Å². The third-order valence-corrected chi connectivity index (χ3v) is 3.90. The van der Waals surface area contributed by atoms with Crippen LogP contribution < -0.4 is 15.2 Å². The molecule has 3 heteroatoms. The van der Waals surface area contributed by atoms with Gasteiger partial charge in [0.05, 0.1) is 12.7 Å². The van der Waals surface area contributed by atoms with Crippen molar-refractivity contribution in [3.05, 3.63) is 23.8 Å². The van der Waals surface area contributed by atoms with Crippen LogP contribution in [-0.4, -0.2) is 18.8 Å². The van der Waals surface area contributed by atoms with Crippen molar-refractivity contribution in [3.63, 3.8) is 0 Å². The number of nitrogens with two attached hydrogens (primary N) is 1. The number of hydrogen-bond donors (Lipinski definition) is 1. The molecule has 1 aliphatic carbocycles. The normalized spacial score (nSPS) is 17.5. The first-order valence-electron chi connectivity index (χ1n) is 8.37. The summed E-state index contributed by atoms with van der Waals surface area (Å²) in [5.74, 6) is 1.86. The van der Waals surface area contributed by atoms with E-state index in [0.717, 1.165) is 43.8 Å². The number of rotatable bonds is 7. The minimum absolute atomic E-state index is 0.140. The molecule has 0 saturated heterocycles. The van der Waals surface area contributed by atoms with Crippen LogP contribution in [0.25, 0.3) is 0 Å². The van der Waals surface area contributed by atoms with Crippen molar-refractivity contribution in [2.24, 2.45) is 5.73 Å². The minimum atomic E-state index is 0.140. The van der Waals surface area contributed by atoms with Gasteiger partial charge in [-0.1, -0.05) is 19.4 Å². The number of benzene rings is 1. The van der Waals surface area contributed by atoms with Crippen molar-refractivity contribution in [1.82, 2.24) is 0 Å². The van der Waals surface area contributed by atoms with Crippen LogP contribution in [0, 0.1) is 0 Å². The van der Waals surface area contributed by atoms with E-state index in [1.165, 1.54) is 24.8 Å². The van der Waals surface area contributed by atoms with Gasteiger partial charge in [-0.2, -0.15) is 0 Å². The fraction of sp³-hybridized carbons (Fsp3) is 0.667. The predicted octanol–water partition coefficient (Wildman–Crippen LogP) is 4.08. The highest BCUT2D eigenvalue weighted by atomic mass is 16.5. The van der Waals surface area contributed by atoms with Gasteiger partial charge in [0.15, 0.2) is 0 Å². The van der Waals surface area contributed by atoms with E-state index >= 15 is 0 Å². The maximum absolute atomic E-state index is 6.27. The van der Waals surface area contributed by atoms with Crippen LogP contribution in [0.5, 0.6) is 11.5 Å². The van der Waals surface area contributed by atoms with E-state index in [-0.39, 0.29) is 6.04 Å². The topological polar surface area (TPSA) is 44.5 Å². The molecule has 0 aliphatic heterocycles. The van der Waals surface area contributed by atoms with E-state index in [4.69, 9.17) is 15.2 Å². The van der Waals surface area contributed by atoms with Crippen molar-refractivity contribution in [2.45, 2.75) is 70.9 Å². The molecule has 1 aliphatic rings. The van der Waals surface area contributed by atoms with Crippen molar-refractivity contribution < 1.29 is 9.47 Å². The van der Waals surface area contributed by atoms with Crippen LogP contribution in [-0.2, 0) is 6.42 Å². The molecule has 21 heavy (non-hydrogen) atoms. The van der Waals surface area contributed by atoms with Gasteiger partial charge in [0.1, 0.15) is 11.5 Å². The lowest BCUT2D eigenvalue weighted by Crippen LogP contribution is -2.22. The van der Waals surface area contributed by atoms with Crippen LogP contribution in [0.15, 0.2) is 18.2 Å². The standard InChI is InChI=1S/C18H29NO2/c1-3-11-20-17-10-9-15(12-14(2)19)18(13-17)21-16-7-5-4-6-8-16/h9-10,13-14,16H,3-8,11-12,19H2,1-2H3. The zero-order valence-electron chi connectivity index (χ0n) is 13.4. The molecular weight excluding hydrogens is 262 g/mol. The maximum Gasteiger partial charge on any atom is 0.126 e. The zero-order valence-corrected chi connectivity index (χ0v) is 13.4. The van der Waals surface area contributed by atoms with Crippen LogP contribution in [0.4, 0.5) is 0 Å². The molecule has 2 N–H and O–H groups in total. The van der Waals surface area contributed by atoms with Gasteiger partial charge in [-0.15, -0.1) is 0 Å². The largest absolute Gasteiger partial charge is 0.493 e. The van der Waals surface area contributed by atoms with Crippen LogP contribution in [0.3, 0.4) is 0 Å². The van der Waals surface area contributed by atoms with Gasteiger partial charge in [-0.3, -0.25) is 0 Å². The maximum atomic E-state index is 6.27. The molecule has 2 rings (SSSR count). The lowest BCUT2D eigenvalue weighted by Gasteiger charge is -2.25. The quantitative estimate of drug-likeness (QED) is 0.823. The monoisotopic (exact) mass is 291 g/mol. The van der Waals surface area contributed by atoms with E-state index < -0.39 is 0 Å². The first-order valence-corrected chi connectivity index (χ1v) is 8.37. The van der Waals surface area contributed by atoms with E-state index in [2.05, 4.69) is 13.0 Å². The number of hydrogen-bond acceptors (Lipinski definition) is 3. The summed E-state index contributed by atoms with van der Waals surface area (Å²) in [7, 11) is 0. The summed E-state index contributed by atoms with van der Waals surface area (Å²) in [6, 6.07) is 6.32. The second-order valence-electron chi connectivity index (χ2n) is 6.18. The van der Waals surface area contributed by atoms with Gasteiger partial charge in [0, 0.05) is 12.1 Å². The highest BCUT2D eigenvalue weighted by molar-refractivity contribution is 5.41. The Bertz CT molecular complexity index is 425. The molecule has 1 atom stereocenters. The molecule has 1 unspecified atom stereocenters. The highest BCUT2D eigenvalue weighted by Crippen LogP contribution is 2.30. The van der Waals surface area contributed by atoms with E-state index in [1.807, 2.05) is 19.1 Å². The second kappa shape index (κ2) is 8.28. The van der Waals surface area contributed by atoms with Gasteiger partial charge in [-0.25, -0.2) is 0 Å². The fourth-order valence-electron chi connectivity index (χ4n) is 2.83. The lowest BCUT2D eigenvalue weighted by molar-refractivity contribution is 0.152. The van der Waals surface area contributed by atoms with Crippen molar-refractivity contribution in [3.8, 4) is 11.5 Å². The Kier molecular flexibility index (Phi) is 6.37. The Hall–Kier alpha value is -1.22. The summed E-state index contributed by atoms with van der Waals surface area (Å²) in [6.07, 6.45) is 8.43. The molecule has 1 fully saturated rings. The number of ether oxygens (including phenoxy) is 2. The molecular formula is C18H29NO2. The summed E-state index contributed by atoms with van der Waals surface area (Å²) >= 11 is 0. The molecule has 1 aromatic carbocycles. The minimum Gasteiger partial charge on any atom is -0.493 e. The molecule has 118 valence electrons. The van der Waals surface area contributed by atoms with Crippen molar-refractivity contribution >= 4 is 0 Å². The van der Waals surface area contributed by atoms with Gasteiger partial charge in [-0.05, 0) is 57.1 Å². The van der Waals surface area contributed by atoms with E-state index in [0.29, 0.717) is 6.10 Å². The highest BCUT2D eigenvalue weighted by Gasteiger charge is 2.17. The summed E-state index contributed by atoms with van der Waals surface area (Å²) in [6.45, 7) is 4.89. The molecule has 0 spiro atoms. The lowest BCUT2D eigenvalue weighted by atomic mass is 9.97. The third-order valence-electron chi connectivity index (χ3n) is 3.90. The van der Waals surface area contributed by atoms with Crippen LogP contribution in [0.1, 0.15) is 57.9 Å². The third kappa shape index (κ3) is 5.24. The van der Waals surface area contributed by atoms with E-state index in [9.17, 15) is 0 Å². The Labute approximate surface area is 128 Å². The molecule has 0 aromatic heterocycles. The molecule has 0 heterocycles. The Morgan fingerprint density at radius 1 is 1.24 bits per heavy atom. The van der Waals surface area contributed by atoms with Gasteiger partial charge in [0.2, 0.25) is 0 Å². The summed E-state index contributed by atoms with van der Waals surface area (Å²) in [5, 5.41) is 0. The summed E-state index contributed by atoms with van der Waals surface area (Å²) in [5.41, 5.74) is 7.15. The zero-order chi connectivity index (χ0) is 15.1. The average Bonchev–Trinajstić information content (AvgIpc) is 2.48. The molecule has 1 saturated carbocycles. The Balaban J connectivity index is 2.11. The van der Waals surface area contributed by atoms with Gasteiger partial charge >= 0.3 is 0 Å². The SMILES string of the molecule is CCCOc1ccc(CC(C)N)c(OC2CCCCC2)c1. The summed E-state index contributed by atoms with van der Waals surface area (Å²) < 4.78 is 12.0. The fourth-order valence-corrected chi connectivity index (χ4v) is 2.83. The summed E-state index contributed by atoms with van der Waals surface area (Å²) in [4.78, 5) is 0. The first-order chi connectivity index (χ1) is 10.2. The molecule has 0 bridgehead atoms. The molecule has 0 amide bonds. The molecule has 0 radical (unpaired) electrons. The second-order valence-corrected chi connectivity index (χ2v) is 6.18. The van der Waals surface area contributed by atoms with Crippen molar-refractivity contribution in [1.29, 1.82) is 0 Å². The van der Waals surface area contributed by atoms with Crippen LogP contribution in [0.2, 0.25) is 0 Å².